The van der Waals surface area contributed by atoms with Crippen LogP contribution in [0, 0.1) is 0 Å². The zero-order valence-electron chi connectivity index (χ0n) is 16.7. The molecule has 31 heavy (non-hydrogen) atoms. The predicted molar refractivity (Wildman–Crippen MR) is 121 cm³/mol. The summed E-state index contributed by atoms with van der Waals surface area (Å²) in [6, 6.07) is 22.2. The molecule has 0 amide bonds. The molecule has 3 aromatic carbocycles. The van der Waals surface area contributed by atoms with Crippen molar-refractivity contribution in [3.05, 3.63) is 95.0 Å². The Kier molecular flexibility index (Phi) is 5.61. The monoisotopic (exact) mass is 456 g/mol. The number of anilines is 1. The number of sulfone groups is 1. The SMILES string of the molecule is CS(=O)(=O)c1ccc(C2=NC(O)(C(O)c3ccccc3)CN2c2ccc(Cl)cc2)cc1. The predicted octanol–water partition coefficient (Wildman–Crippen LogP) is 3.43. The molecule has 0 aromatic heterocycles. The van der Waals surface area contributed by atoms with Crippen molar-refractivity contribution < 1.29 is 18.6 Å². The second-order valence-electron chi connectivity index (χ2n) is 7.49. The van der Waals surface area contributed by atoms with Gasteiger partial charge in [-0.2, -0.15) is 0 Å². The molecule has 0 saturated heterocycles. The molecule has 1 aliphatic heterocycles. The van der Waals surface area contributed by atoms with Crippen LogP contribution < -0.4 is 4.90 Å². The van der Waals surface area contributed by atoms with Crippen molar-refractivity contribution in [3.63, 3.8) is 0 Å². The number of benzene rings is 3. The number of rotatable bonds is 5. The highest BCUT2D eigenvalue weighted by atomic mass is 35.5. The number of aliphatic hydroxyl groups is 2. The molecule has 160 valence electrons. The van der Waals surface area contributed by atoms with Gasteiger partial charge in [-0.15, -0.1) is 0 Å². The maximum atomic E-state index is 11.8. The Morgan fingerprint density at radius 3 is 2.19 bits per heavy atom. The van der Waals surface area contributed by atoms with Crippen LogP contribution in [0.2, 0.25) is 5.02 Å². The summed E-state index contributed by atoms with van der Waals surface area (Å²) in [7, 11) is -3.34. The fourth-order valence-electron chi connectivity index (χ4n) is 3.54. The first kappa shape index (κ1) is 21.5. The maximum absolute atomic E-state index is 11.8. The highest BCUT2D eigenvalue weighted by molar-refractivity contribution is 7.90. The topological polar surface area (TPSA) is 90.2 Å². The minimum atomic E-state index is -3.34. The first-order valence-corrected chi connectivity index (χ1v) is 11.8. The fourth-order valence-corrected chi connectivity index (χ4v) is 4.30. The van der Waals surface area contributed by atoms with Crippen molar-refractivity contribution in [1.29, 1.82) is 0 Å². The fraction of sp³-hybridized carbons (Fsp3) is 0.174. The van der Waals surface area contributed by atoms with Crippen LogP contribution in [0.3, 0.4) is 0 Å². The Hall–Kier alpha value is -2.71. The first-order valence-electron chi connectivity index (χ1n) is 9.56. The molecule has 3 aromatic rings. The van der Waals surface area contributed by atoms with Crippen LogP contribution in [0.25, 0.3) is 0 Å². The van der Waals surface area contributed by atoms with Gasteiger partial charge in [0.25, 0.3) is 0 Å². The minimum Gasteiger partial charge on any atom is -0.383 e. The van der Waals surface area contributed by atoms with Crippen molar-refractivity contribution in [2.75, 3.05) is 17.7 Å². The van der Waals surface area contributed by atoms with Crippen LogP contribution in [-0.4, -0.2) is 43.0 Å². The Bertz CT molecular complexity index is 1210. The number of β-amino-alcohol motifs (C(OH)–C–C–N with tert-alkyl or cyclic N) is 1. The van der Waals surface area contributed by atoms with Crippen molar-refractivity contribution in [2.24, 2.45) is 4.99 Å². The number of aliphatic imine (C=N–C) groups is 1. The summed E-state index contributed by atoms with van der Waals surface area (Å²) in [4.78, 5) is 6.47. The third-order valence-corrected chi connectivity index (χ3v) is 6.56. The Morgan fingerprint density at radius 2 is 1.61 bits per heavy atom. The third kappa shape index (κ3) is 4.36. The summed E-state index contributed by atoms with van der Waals surface area (Å²) in [5.41, 5.74) is 0.0785. The molecule has 1 aliphatic rings. The van der Waals surface area contributed by atoms with Crippen LogP contribution in [0.1, 0.15) is 17.2 Å². The molecule has 2 atom stereocenters. The van der Waals surface area contributed by atoms with E-state index in [1.807, 2.05) is 6.07 Å². The molecule has 4 rings (SSSR count). The molecular weight excluding hydrogens is 436 g/mol. The van der Waals surface area contributed by atoms with E-state index in [0.29, 0.717) is 22.0 Å². The van der Waals surface area contributed by atoms with Gasteiger partial charge in [-0.25, -0.2) is 13.4 Å². The second kappa shape index (κ2) is 8.09. The van der Waals surface area contributed by atoms with Gasteiger partial charge in [0.1, 0.15) is 11.9 Å². The minimum absolute atomic E-state index is 0.00779. The van der Waals surface area contributed by atoms with Crippen molar-refractivity contribution in [1.82, 2.24) is 0 Å². The molecule has 0 bridgehead atoms. The number of aliphatic hydroxyl groups excluding tert-OH is 1. The van der Waals surface area contributed by atoms with Crippen molar-refractivity contribution in [2.45, 2.75) is 16.7 Å². The number of hydrogen-bond acceptors (Lipinski definition) is 6. The maximum Gasteiger partial charge on any atom is 0.206 e. The van der Waals surface area contributed by atoms with Crippen LogP contribution in [0.15, 0.2) is 88.8 Å². The van der Waals surface area contributed by atoms with Gasteiger partial charge in [0.2, 0.25) is 5.72 Å². The molecular formula is C23H21ClN2O4S. The van der Waals surface area contributed by atoms with Crippen LogP contribution in [-0.2, 0) is 9.84 Å². The summed E-state index contributed by atoms with van der Waals surface area (Å²) >= 11 is 6.02. The lowest BCUT2D eigenvalue weighted by molar-refractivity contribution is -0.0582. The van der Waals surface area contributed by atoms with E-state index in [4.69, 9.17) is 11.6 Å². The average Bonchev–Trinajstić information content (AvgIpc) is 3.13. The summed E-state index contributed by atoms with van der Waals surface area (Å²) in [6.07, 6.45) is -0.111. The Balaban J connectivity index is 1.78. The van der Waals surface area contributed by atoms with E-state index in [1.165, 1.54) is 12.1 Å². The van der Waals surface area contributed by atoms with Gasteiger partial charge in [-0.3, -0.25) is 0 Å². The van der Waals surface area contributed by atoms with Crippen LogP contribution in [0.4, 0.5) is 5.69 Å². The zero-order valence-corrected chi connectivity index (χ0v) is 18.3. The summed E-state index contributed by atoms with van der Waals surface area (Å²) in [5.74, 6) is 0.417. The van der Waals surface area contributed by atoms with E-state index in [1.54, 1.807) is 65.6 Å². The zero-order chi connectivity index (χ0) is 22.2. The molecule has 0 spiro atoms. The third-order valence-electron chi connectivity index (χ3n) is 5.18. The van der Waals surface area contributed by atoms with Gasteiger partial charge >= 0.3 is 0 Å². The highest BCUT2D eigenvalue weighted by Crippen LogP contribution is 2.36. The number of hydrogen-bond donors (Lipinski definition) is 2. The van der Waals surface area contributed by atoms with E-state index < -0.39 is 21.7 Å². The van der Waals surface area contributed by atoms with Crippen molar-refractivity contribution >= 4 is 33.0 Å². The van der Waals surface area contributed by atoms with Gasteiger partial charge < -0.3 is 15.1 Å². The molecule has 0 fully saturated rings. The normalized spacial score (nSPS) is 19.9. The van der Waals surface area contributed by atoms with E-state index in [0.717, 1.165) is 11.9 Å². The van der Waals surface area contributed by atoms with Gasteiger partial charge in [-0.1, -0.05) is 41.9 Å². The standard InChI is InChI=1S/C23H21ClN2O4S/c1-31(29,30)20-13-7-17(8-14-20)22-25-23(28,21(27)16-5-3-2-4-6-16)15-26(22)19-11-9-18(24)10-12-19/h2-14,21,27-28H,15H2,1H3. The average molecular weight is 457 g/mol. The molecule has 0 radical (unpaired) electrons. The molecule has 2 N–H and O–H groups in total. The lowest BCUT2D eigenvalue weighted by Crippen LogP contribution is -2.41. The lowest BCUT2D eigenvalue weighted by Gasteiger charge is -2.28. The molecule has 0 saturated carbocycles. The lowest BCUT2D eigenvalue weighted by atomic mass is 9.99. The van der Waals surface area contributed by atoms with E-state index in [2.05, 4.69) is 4.99 Å². The van der Waals surface area contributed by atoms with Crippen LogP contribution in [0.5, 0.6) is 0 Å². The van der Waals surface area contributed by atoms with E-state index >= 15 is 0 Å². The van der Waals surface area contributed by atoms with Gasteiger partial charge in [0.15, 0.2) is 9.84 Å². The molecule has 6 nitrogen and oxygen atoms in total. The molecule has 1 heterocycles. The molecule has 2 unspecified atom stereocenters. The van der Waals surface area contributed by atoms with E-state index in [9.17, 15) is 18.6 Å². The van der Waals surface area contributed by atoms with Gasteiger partial charge in [0.05, 0.1) is 11.4 Å². The number of nitrogens with zero attached hydrogens (tertiary/aromatic N) is 2. The highest BCUT2D eigenvalue weighted by Gasteiger charge is 2.45. The number of halogens is 1. The van der Waals surface area contributed by atoms with Crippen LogP contribution >= 0.6 is 11.6 Å². The second-order valence-corrected chi connectivity index (χ2v) is 9.94. The number of amidine groups is 1. The smallest absolute Gasteiger partial charge is 0.206 e. The summed E-state index contributed by atoms with van der Waals surface area (Å²) in [6.45, 7) is 0.00779. The van der Waals surface area contributed by atoms with Crippen molar-refractivity contribution in [3.8, 4) is 0 Å². The largest absolute Gasteiger partial charge is 0.383 e. The Morgan fingerprint density at radius 1 is 1.00 bits per heavy atom. The quantitative estimate of drug-likeness (QED) is 0.613. The first-order chi connectivity index (χ1) is 14.7. The Labute approximate surface area is 186 Å². The molecule has 8 heteroatoms. The van der Waals surface area contributed by atoms with Gasteiger partial charge in [-0.05, 0) is 54.1 Å². The summed E-state index contributed by atoms with van der Waals surface area (Å²) < 4.78 is 23.6. The molecule has 0 aliphatic carbocycles. The van der Waals surface area contributed by atoms with E-state index in [-0.39, 0.29) is 11.4 Å². The summed E-state index contributed by atoms with van der Waals surface area (Å²) in [5, 5.41) is 22.8. The van der Waals surface area contributed by atoms with Gasteiger partial charge in [0, 0.05) is 22.5 Å².